The number of aromatic hydroxyl groups is 1. The Labute approximate surface area is 107 Å². The van der Waals surface area contributed by atoms with Crippen LogP contribution in [0.15, 0.2) is 23.0 Å². The molecule has 0 atom stereocenters. The molecule has 7 nitrogen and oxygen atoms in total. The van der Waals surface area contributed by atoms with E-state index < -0.39 is 0 Å². The largest absolute Gasteiger partial charge is 0.508 e. The molecule has 0 amide bonds. The Kier molecular flexibility index (Phi) is 2.28. The number of phenolic OH excluding ortho intramolecular Hbond substituents is 1. The Morgan fingerprint density at radius 2 is 2.05 bits per heavy atom. The first-order valence-corrected chi connectivity index (χ1v) is 5.60. The highest BCUT2D eigenvalue weighted by Crippen LogP contribution is 2.24. The van der Waals surface area contributed by atoms with Gasteiger partial charge in [0.25, 0.3) is 5.56 Å². The number of fused-ring (bicyclic) bond motifs is 1. The van der Waals surface area contributed by atoms with Gasteiger partial charge in [0.1, 0.15) is 11.6 Å². The summed E-state index contributed by atoms with van der Waals surface area (Å²) in [6.07, 6.45) is 0. The number of aryl methyl sites for hydroxylation is 1. The van der Waals surface area contributed by atoms with Gasteiger partial charge in [-0.1, -0.05) is 0 Å². The second-order valence-electron chi connectivity index (χ2n) is 4.24. The van der Waals surface area contributed by atoms with E-state index in [2.05, 4.69) is 19.9 Å². The van der Waals surface area contributed by atoms with Gasteiger partial charge in [0.2, 0.25) is 5.95 Å². The highest BCUT2D eigenvalue weighted by atomic mass is 16.3. The first-order chi connectivity index (χ1) is 9.04. The van der Waals surface area contributed by atoms with Crippen molar-refractivity contribution in [3.05, 3.63) is 34.1 Å². The number of H-pyrrole nitrogens is 2. The summed E-state index contributed by atoms with van der Waals surface area (Å²) in [7, 11) is 0. The smallest absolute Gasteiger partial charge is 0.278 e. The van der Waals surface area contributed by atoms with Gasteiger partial charge in [0.15, 0.2) is 11.2 Å². The lowest BCUT2D eigenvalue weighted by molar-refractivity contribution is 0.471. The van der Waals surface area contributed by atoms with Gasteiger partial charge in [0, 0.05) is 5.56 Å². The molecule has 96 valence electrons. The number of nitrogen functional groups attached to an aromatic ring is 1. The summed E-state index contributed by atoms with van der Waals surface area (Å²) in [6.45, 7) is 1.78. The highest BCUT2D eigenvalue weighted by Gasteiger charge is 2.10. The van der Waals surface area contributed by atoms with Crippen LogP contribution in [0.2, 0.25) is 0 Å². The van der Waals surface area contributed by atoms with Crippen LogP contribution < -0.4 is 11.3 Å². The topological polar surface area (TPSA) is 121 Å². The first-order valence-electron chi connectivity index (χ1n) is 5.60. The molecule has 7 heteroatoms. The molecule has 0 radical (unpaired) electrons. The minimum absolute atomic E-state index is 0.0254. The van der Waals surface area contributed by atoms with Gasteiger partial charge in [-0.25, -0.2) is 4.98 Å². The van der Waals surface area contributed by atoms with Crippen molar-refractivity contribution >= 4 is 17.1 Å². The third-order valence-corrected chi connectivity index (χ3v) is 2.85. The Balaban J connectivity index is 2.23. The number of hydrogen-bond acceptors (Lipinski definition) is 5. The average molecular weight is 257 g/mol. The monoisotopic (exact) mass is 257 g/mol. The van der Waals surface area contributed by atoms with E-state index in [4.69, 9.17) is 5.73 Å². The molecule has 19 heavy (non-hydrogen) atoms. The molecule has 5 N–H and O–H groups in total. The molecule has 2 aromatic heterocycles. The maximum absolute atomic E-state index is 11.7. The van der Waals surface area contributed by atoms with Gasteiger partial charge < -0.3 is 15.8 Å². The van der Waals surface area contributed by atoms with Crippen LogP contribution >= 0.6 is 0 Å². The molecule has 0 fully saturated rings. The van der Waals surface area contributed by atoms with Gasteiger partial charge in [-0.3, -0.25) is 9.78 Å². The normalized spacial score (nSPS) is 11.0. The molecule has 0 aliphatic rings. The lowest BCUT2D eigenvalue weighted by Crippen LogP contribution is -2.10. The maximum Gasteiger partial charge on any atom is 0.278 e. The Morgan fingerprint density at radius 1 is 1.26 bits per heavy atom. The number of nitrogens with zero attached hydrogens (tertiary/aromatic N) is 2. The van der Waals surface area contributed by atoms with E-state index in [9.17, 15) is 9.90 Å². The molecule has 0 saturated heterocycles. The van der Waals surface area contributed by atoms with Crippen LogP contribution in [0.1, 0.15) is 5.56 Å². The number of rotatable bonds is 1. The molecule has 3 rings (SSSR count). The molecular weight excluding hydrogens is 246 g/mol. The molecule has 3 aromatic rings. The van der Waals surface area contributed by atoms with Crippen LogP contribution in [0.5, 0.6) is 5.75 Å². The minimum Gasteiger partial charge on any atom is -0.508 e. The second kappa shape index (κ2) is 3.84. The minimum atomic E-state index is -0.364. The van der Waals surface area contributed by atoms with Crippen LogP contribution in [0, 0.1) is 6.92 Å². The second-order valence-corrected chi connectivity index (χ2v) is 4.24. The summed E-state index contributed by atoms with van der Waals surface area (Å²) in [5, 5.41) is 9.50. The average Bonchev–Trinajstić information content (AvgIpc) is 2.76. The maximum atomic E-state index is 11.7. The van der Waals surface area contributed by atoms with Gasteiger partial charge in [-0.05, 0) is 30.7 Å². The van der Waals surface area contributed by atoms with E-state index in [1.807, 2.05) is 0 Å². The van der Waals surface area contributed by atoms with Crippen LogP contribution in [0.3, 0.4) is 0 Å². The van der Waals surface area contributed by atoms with Crippen LogP contribution in [-0.4, -0.2) is 25.0 Å². The standard InChI is InChI=1S/C12H11N5O2/c1-5-4-6(2-3-7(5)18)9-14-8-10(15-9)16-12(13)17-11(8)19/h2-4,18H,1H3,(H4,13,14,15,16,17,19). The fourth-order valence-corrected chi connectivity index (χ4v) is 1.86. The Hall–Kier alpha value is -2.83. The SMILES string of the molecule is Cc1cc(-c2nc3nc(N)[nH]c(=O)c3[nH]2)ccc1O. The quantitative estimate of drug-likeness (QED) is 0.516. The molecular formula is C12H11N5O2. The fourth-order valence-electron chi connectivity index (χ4n) is 1.86. The Morgan fingerprint density at radius 3 is 2.79 bits per heavy atom. The van der Waals surface area contributed by atoms with E-state index in [-0.39, 0.29) is 28.4 Å². The van der Waals surface area contributed by atoms with Crippen molar-refractivity contribution in [1.29, 1.82) is 0 Å². The fraction of sp³-hybridized carbons (Fsp3) is 0.0833. The van der Waals surface area contributed by atoms with Crippen molar-refractivity contribution in [2.75, 3.05) is 5.73 Å². The summed E-state index contributed by atoms with van der Waals surface area (Å²) in [5.41, 5.74) is 7.12. The molecule has 0 aliphatic heterocycles. The van der Waals surface area contributed by atoms with Crippen molar-refractivity contribution < 1.29 is 5.11 Å². The number of hydrogen-bond donors (Lipinski definition) is 4. The summed E-state index contributed by atoms with van der Waals surface area (Å²) < 4.78 is 0. The van der Waals surface area contributed by atoms with E-state index >= 15 is 0 Å². The highest BCUT2D eigenvalue weighted by molar-refractivity contribution is 5.76. The lowest BCUT2D eigenvalue weighted by atomic mass is 10.1. The van der Waals surface area contributed by atoms with E-state index in [1.165, 1.54) is 0 Å². The molecule has 0 saturated carbocycles. The molecule has 0 bridgehead atoms. The zero-order valence-electron chi connectivity index (χ0n) is 10.1. The summed E-state index contributed by atoms with van der Waals surface area (Å²) in [5.74, 6) is 0.735. The predicted molar refractivity (Wildman–Crippen MR) is 70.8 cm³/mol. The molecule has 2 heterocycles. The van der Waals surface area contributed by atoms with Crippen LogP contribution in [0.25, 0.3) is 22.6 Å². The van der Waals surface area contributed by atoms with Gasteiger partial charge >= 0.3 is 0 Å². The molecule has 0 spiro atoms. The first kappa shape index (κ1) is 11.3. The van der Waals surface area contributed by atoms with Crippen molar-refractivity contribution in [3.63, 3.8) is 0 Å². The number of aromatic nitrogens is 4. The number of nitrogens with one attached hydrogen (secondary N) is 2. The van der Waals surface area contributed by atoms with Crippen molar-refractivity contribution in [2.45, 2.75) is 6.92 Å². The van der Waals surface area contributed by atoms with Gasteiger partial charge in [-0.2, -0.15) is 4.98 Å². The van der Waals surface area contributed by atoms with Gasteiger partial charge in [0.05, 0.1) is 0 Å². The number of phenols is 1. The van der Waals surface area contributed by atoms with Crippen molar-refractivity contribution in [2.24, 2.45) is 0 Å². The van der Waals surface area contributed by atoms with Gasteiger partial charge in [-0.15, -0.1) is 0 Å². The van der Waals surface area contributed by atoms with Crippen LogP contribution in [-0.2, 0) is 0 Å². The number of nitrogens with two attached hydrogens (primary N) is 1. The number of benzene rings is 1. The zero-order chi connectivity index (χ0) is 13.6. The van der Waals surface area contributed by atoms with Crippen molar-refractivity contribution in [1.82, 2.24) is 19.9 Å². The number of imidazole rings is 1. The summed E-state index contributed by atoms with van der Waals surface area (Å²) in [6, 6.07) is 5.05. The summed E-state index contributed by atoms with van der Waals surface area (Å²) in [4.78, 5) is 25.2. The molecule has 0 unspecified atom stereocenters. The number of anilines is 1. The van der Waals surface area contributed by atoms with E-state index in [1.54, 1.807) is 25.1 Å². The Bertz CT molecular complexity index is 834. The molecule has 0 aliphatic carbocycles. The van der Waals surface area contributed by atoms with E-state index in [0.29, 0.717) is 5.82 Å². The third kappa shape index (κ3) is 1.81. The van der Waals surface area contributed by atoms with E-state index in [0.717, 1.165) is 11.1 Å². The predicted octanol–water partition coefficient (Wildman–Crippen LogP) is 0.909. The zero-order valence-corrected chi connectivity index (χ0v) is 10.1. The third-order valence-electron chi connectivity index (χ3n) is 2.85. The number of aromatic amines is 2. The van der Waals surface area contributed by atoms with Crippen LogP contribution in [0.4, 0.5) is 5.95 Å². The van der Waals surface area contributed by atoms with Crippen molar-refractivity contribution in [3.8, 4) is 17.1 Å². The molecule has 1 aromatic carbocycles. The lowest BCUT2D eigenvalue weighted by Gasteiger charge is -2.00. The summed E-state index contributed by atoms with van der Waals surface area (Å²) >= 11 is 0.